The molecule has 0 amide bonds. The highest BCUT2D eigenvalue weighted by atomic mass is 32.2. The van der Waals surface area contributed by atoms with Crippen LogP contribution in [-0.4, -0.2) is 69.9 Å². The molecular formula is C24H22F5N5O5S. The zero-order chi connectivity index (χ0) is 29.5. The van der Waals surface area contributed by atoms with E-state index in [1.165, 1.54) is 30.3 Å². The second-order valence-corrected chi connectivity index (χ2v) is 10.2. The van der Waals surface area contributed by atoms with E-state index in [4.69, 9.17) is 14.6 Å². The number of aromatic nitrogens is 5. The number of carboxylic acid groups (broad SMARTS) is 1. The average molecular weight is 588 g/mol. The minimum absolute atomic E-state index is 0.0564. The molecule has 3 aromatic heterocycles. The molecule has 40 heavy (non-hydrogen) atoms. The van der Waals surface area contributed by atoms with E-state index in [1.54, 1.807) is 30.7 Å². The maximum absolute atomic E-state index is 12.9. The average Bonchev–Trinajstić information content (AvgIpc) is 3.58. The molecule has 0 aliphatic heterocycles. The number of nitrogens with one attached hydrogen (secondary N) is 1. The van der Waals surface area contributed by atoms with Gasteiger partial charge in [0.15, 0.2) is 9.84 Å². The van der Waals surface area contributed by atoms with Crippen molar-refractivity contribution in [3.63, 3.8) is 0 Å². The van der Waals surface area contributed by atoms with Crippen LogP contribution < -0.4 is 0 Å². The maximum atomic E-state index is 12.9. The van der Waals surface area contributed by atoms with E-state index in [0.29, 0.717) is 22.5 Å². The molecule has 16 heteroatoms. The van der Waals surface area contributed by atoms with E-state index in [1.807, 2.05) is 6.07 Å². The number of halogens is 5. The number of aromatic amines is 1. The number of carbonyl (C=O) groups is 1. The first kappa shape index (κ1) is 30.4. The highest BCUT2D eigenvalue weighted by Crippen LogP contribution is 2.29. The number of allylic oxidation sites excluding steroid dienone is 1. The van der Waals surface area contributed by atoms with E-state index in [0.717, 1.165) is 11.5 Å². The third-order valence-electron chi connectivity index (χ3n) is 5.44. The lowest BCUT2D eigenvalue weighted by atomic mass is 10.0. The molecule has 10 nitrogen and oxygen atoms in total. The Kier molecular flexibility index (Phi) is 9.70. The second-order valence-electron chi connectivity index (χ2n) is 8.10. The molecular weight excluding hydrogens is 565 g/mol. The number of H-pyrrole nitrogens is 1. The minimum atomic E-state index is -5.08. The number of hydrogen-bond donors (Lipinski definition) is 2. The first-order chi connectivity index (χ1) is 18.8. The number of rotatable bonds is 9. The number of nitrogens with zero attached hydrogens (tertiary/aromatic N) is 4. The summed E-state index contributed by atoms with van der Waals surface area (Å²) in [5.74, 6) is -2.93. The highest BCUT2D eigenvalue weighted by molar-refractivity contribution is 7.91. The number of hydrogen-bond acceptors (Lipinski definition) is 7. The number of alkyl halides is 3. The Morgan fingerprint density at radius 1 is 1.23 bits per heavy atom. The van der Waals surface area contributed by atoms with Crippen molar-refractivity contribution in [2.24, 2.45) is 0 Å². The molecule has 2 N–H and O–H groups in total. The van der Waals surface area contributed by atoms with Gasteiger partial charge in [-0.25, -0.2) is 23.2 Å². The monoisotopic (exact) mass is 587 g/mol. The number of methoxy groups -OCH3 is 1. The normalized spacial score (nSPS) is 12.4. The smallest absolute Gasteiger partial charge is 0.475 e. The van der Waals surface area contributed by atoms with Gasteiger partial charge in [-0.05, 0) is 36.3 Å². The van der Waals surface area contributed by atoms with Crippen LogP contribution in [0, 0.1) is 0 Å². The Hall–Kier alpha value is -4.18. The molecule has 0 bridgehead atoms. The summed E-state index contributed by atoms with van der Waals surface area (Å²) in [7, 11) is -2.16. The molecule has 214 valence electrons. The third kappa shape index (κ3) is 7.69. The summed E-state index contributed by atoms with van der Waals surface area (Å²) in [5.41, 5.74) is 2.53. The van der Waals surface area contributed by atoms with Crippen molar-refractivity contribution in [3.05, 3.63) is 73.0 Å². The Balaban J connectivity index is 0.000000559. The largest absolute Gasteiger partial charge is 0.490 e. The van der Waals surface area contributed by atoms with Gasteiger partial charge in [0.05, 0.1) is 35.2 Å². The Labute approximate surface area is 224 Å². The van der Waals surface area contributed by atoms with Gasteiger partial charge in [-0.3, -0.25) is 4.68 Å². The lowest BCUT2D eigenvalue weighted by Gasteiger charge is -2.17. The fourth-order valence-electron chi connectivity index (χ4n) is 3.56. The van der Waals surface area contributed by atoms with E-state index in [9.17, 15) is 30.4 Å². The summed E-state index contributed by atoms with van der Waals surface area (Å²) in [5, 5.41) is 12.3. The van der Waals surface area contributed by atoms with Crippen molar-refractivity contribution < 1.29 is 45.0 Å². The molecule has 3 heterocycles. The topological polar surface area (TPSA) is 140 Å². The van der Waals surface area contributed by atoms with Gasteiger partial charge in [-0.2, -0.15) is 27.1 Å². The van der Waals surface area contributed by atoms with E-state index >= 15 is 0 Å². The fourth-order valence-corrected chi connectivity index (χ4v) is 4.78. The zero-order valence-electron chi connectivity index (χ0n) is 20.6. The summed E-state index contributed by atoms with van der Waals surface area (Å²) in [6.45, 7) is 0.0564. The summed E-state index contributed by atoms with van der Waals surface area (Å²) < 4.78 is 89.3. The maximum Gasteiger partial charge on any atom is 0.490 e. The third-order valence-corrected chi connectivity index (χ3v) is 7.12. The standard InChI is InChI=1S/C22H21F2N5O3S.C2HF3O2/c1-32-9-10-33(30,31)17-4-2-3-15(11-17)19(5-6-20(23)24)29-13-16(12-28-29)21-18-7-8-25-22(18)27-14-26-21;3-2(4,5)1(6)7/h2-4,6-8,11-14,19H,5,9-10H2,1H3,(H,25,26,27);(H,6,7). The van der Waals surface area contributed by atoms with Crippen molar-refractivity contribution in [2.45, 2.75) is 23.5 Å². The molecule has 1 atom stereocenters. The number of benzene rings is 1. The molecule has 0 spiro atoms. The molecule has 0 aliphatic carbocycles. The van der Waals surface area contributed by atoms with Gasteiger partial charge in [0, 0.05) is 30.5 Å². The van der Waals surface area contributed by atoms with Crippen LogP contribution >= 0.6 is 0 Å². The fraction of sp³-hybridized carbons (Fsp3) is 0.250. The van der Waals surface area contributed by atoms with Gasteiger partial charge >= 0.3 is 12.1 Å². The number of ether oxygens (including phenoxy) is 1. The summed E-state index contributed by atoms with van der Waals surface area (Å²) >= 11 is 0. The Morgan fingerprint density at radius 3 is 2.60 bits per heavy atom. The predicted octanol–water partition coefficient (Wildman–Crippen LogP) is 4.63. The predicted molar refractivity (Wildman–Crippen MR) is 132 cm³/mol. The van der Waals surface area contributed by atoms with Crippen molar-refractivity contribution in [2.75, 3.05) is 19.5 Å². The van der Waals surface area contributed by atoms with Crippen LogP contribution in [0.3, 0.4) is 0 Å². The number of fused-ring (bicyclic) bond motifs is 1. The Bertz CT molecular complexity index is 1600. The van der Waals surface area contributed by atoms with Crippen LogP contribution in [-0.2, 0) is 19.4 Å². The second kappa shape index (κ2) is 12.8. The van der Waals surface area contributed by atoms with Crippen molar-refractivity contribution in [3.8, 4) is 11.3 Å². The minimum Gasteiger partial charge on any atom is -0.475 e. The van der Waals surface area contributed by atoms with Gasteiger partial charge in [-0.15, -0.1) is 0 Å². The van der Waals surface area contributed by atoms with Gasteiger partial charge in [0.1, 0.15) is 12.0 Å². The number of carboxylic acids is 1. The SMILES string of the molecule is COCCS(=O)(=O)c1cccc(C(CC=C(F)F)n2cc(-c3ncnc4[nH]ccc34)cn2)c1.O=C(O)C(F)(F)F. The molecule has 0 saturated carbocycles. The van der Waals surface area contributed by atoms with E-state index < -0.39 is 34.1 Å². The lowest BCUT2D eigenvalue weighted by Crippen LogP contribution is -2.21. The van der Waals surface area contributed by atoms with Crippen LogP contribution in [0.1, 0.15) is 18.0 Å². The number of aliphatic carboxylic acids is 1. The molecule has 0 aliphatic rings. The summed E-state index contributed by atoms with van der Waals surface area (Å²) in [6.07, 6.45) is 0.299. The molecule has 4 rings (SSSR count). The summed E-state index contributed by atoms with van der Waals surface area (Å²) in [6, 6.07) is 7.46. The van der Waals surface area contributed by atoms with Crippen molar-refractivity contribution in [1.82, 2.24) is 24.7 Å². The molecule has 1 aromatic carbocycles. The van der Waals surface area contributed by atoms with Gasteiger partial charge in [0.25, 0.3) is 6.08 Å². The van der Waals surface area contributed by atoms with Crippen molar-refractivity contribution >= 4 is 26.8 Å². The molecule has 4 aromatic rings. The molecule has 0 radical (unpaired) electrons. The summed E-state index contributed by atoms with van der Waals surface area (Å²) in [4.78, 5) is 20.5. The lowest BCUT2D eigenvalue weighted by molar-refractivity contribution is -0.192. The quantitative estimate of drug-likeness (QED) is 0.270. The number of sulfone groups is 1. The highest BCUT2D eigenvalue weighted by Gasteiger charge is 2.38. The zero-order valence-corrected chi connectivity index (χ0v) is 21.5. The molecule has 1 unspecified atom stereocenters. The first-order valence-electron chi connectivity index (χ1n) is 11.3. The van der Waals surface area contributed by atoms with Crippen LogP contribution in [0.2, 0.25) is 0 Å². The molecule has 0 fully saturated rings. The van der Waals surface area contributed by atoms with Gasteiger partial charge in [0.2, 0.25) is 0 Å². The Morgan fingerprint density at radius 2 is 1.95 bits per heavy atom. The van der Waals surface area contributed by atoms with Gasteiger partial charge in [-0.1, -0.05) is 12.1 Å². The van der Waals surface area contributed by atoms with E-state index in [-0.39, 0.29) is 23.7 Å². The van der Waals surface area contributed by atoms with Gasteiger partial charge < -0.3 is 14.8 Å². The van der Waals surface area contributed by atoms with Crippen LogP contribution in [0.15, 0.2) is 72.3 Å². The van der Waals surface area contributed by atoms with E-state index in [2.05, 4.69) is 20.1 Å². The van der Waals surface area contributed by atoms with Crippen LogP contribution in [0.5, 0.6) is 0 Å². The van der Waals surface area contributed by atoms with Crippen LogP contribution in [0.25, 0.3) is 22.3 Å². The molecule has 0 saturated heterocycles. The van der Waals surface area contributed by atoms with Crippen LogP contribution in [0.4, 0.5) is 22.0 Å². The first-order valence-corrected chi connectivity index (χ1v) is 12.9. The van der Waals surface area contributed by atoms with Crippen molar-refractivity contribution in [1.29, 1.82) is 0 Å².